The molecular formula is C11H14N2O7S. The van der Waals surface area contributed by atoms with Crippen molar-refractivity contribution < 1.29 is 28.0 Å². The molecule has 1 rings (SSSR count). The van der Waals surface area contributed by atoms with Gasteiger partial charge in [-0.3, -0.25) is 14.9 Å². The number of nitrogens with one attached hydrogen (secondary N) is 1. The molecule has 0 saturated heterocycles. The average molecular weight is 318 g/mol. The standard InChI is InChI=1S/C11H14N2O7S/c1-11(2,10(14)15)12-21(18,19)9-5-4-7(20-3)6-8(9)13(16)17/h4-6,12H,1-3H3,(H,14,15). The molecule has 0 aliphatic carbocycles. The summed E-state index contributed by atoms with van der Waals surface area (Å²) in [4.78, 5) is 20.4. The van der Waals surface area contributed by atoms with Crippen LogP contribution in [0.1, 0.15) is 13.8 Å². The van der Waals surface area contributed by atoms with Crippen LogP contribution in [0.15, 0.2) is 23.1 Å². The summed E-state index contributed by atoms with van der Waals surface area (Å²) in [5, 5.41) is 19.9. The van der Waals surface area contributed by atoms with Crippen molar-refractivity contribution in [1.82, 2.24) is 4.72 Å². The highest BCUT2D eigenvalue weighted by Crippen LogP contribution is 2.29. The highest BCUT2D eigenvalue weighted by atomic mass is 32.2. The number of carboxylic acids is 1. The number of ether oxygens (including phenoxy) is 1. The Labute approximate surface area is 120 Å². The lowest BCUT2D eigenvalue weighted by molar-refractivity contribution is -0.387. The molecule has 21 heavy (non-hydrogen) atoms. The number of nitrogens with zero attached hydrogens (tertiary/aromatic N) is 1. The van der Waals surface area contributed by atoms with E-state index in [4.69, 9.17) is 9.84 Å². The van der Waals surface area contributed by atoms with E-state index in [0.29, 0.717) is 0 Å². The second-order valence-corrected chi connectivity index (χ2v) is 6.28. The van der Waals surface area contributed by atoms with Crippen molar-refractivity contribution in [3.05, 3.63) is 28.3 Å². The molecule has 0 spiro atoms. The van der Waals surface area contributed by atoms with Crippen molar-refractivity contribution in [3.63, 3.8) is 0 Å². The highest BCUT2D eigenvalue weighted by molar-refractivity contribution is 7.89. The molecule has 0 aliphatic rings. The maximum atomic E-state index is 12.2. The van der Waals surface area contributed by atoms with Gasteiger partial charge in [-0.1, -0.05) is 0 Å². The fourth-order valence-electron chi connectivity index (χ4n) is 1.43. The van der Waals surface area contributed by atoms with E-state index in [0.717, 1.165) is 26.0 Å². The van der Waals surface area contributed by atoms with Crippen LogP contribution in [0.4, 0.5) is 5.69 Å². The summed E-state index contributed by atoms with van der Waals surface area (Å²) in [6, 6.07) is 3.16. The molecule has 1 aromatic carbocycles. The number of hydrogen-bond donors (Lipinski definition) is 2. The number of sulfonamides is 1. The number of methoxy groups -OCH3 is 1. The fourth-order valence-corrected chi connectivity index (χ4v) is 2.95. The summed E-state index contributed by atoms with van der Waals surface area (Å²) in [5.41, 5.74) is -2.52. The van der Waals surface area contributed by atoms with Gasteiger partial charge in [0.15, 0.2) is 4.90 Å². The molecule has 0 atom stereocenters. The zero-order valence-electron chi connectivity index (χ0n) is 11.5. The SMILES string of the molecule is COc1ccc(S(=O)(=O)NC(C)(C)C(=O)O)c([N+](=O)[O-])c1. The Balaban J connectivity index is 3.38. The van der Waals surface area contributed by atoms with Crippen LogP contribution in [-0.2, 0) is 14.8 Å². The quantitative estimate of drug-likeness (QED) is 0.583. The lowest BCUT2D eigenvalue weighted by Crippen LogP contribution is -2.49. The van der Waals surface area contributed by atoms with Crippen LogP contribution in [0.5, 0.6) is 5.75 Å². The van der Waals surface area contributed by atoms with E-state index in [-0.39, 0.29) is 5.75 Å². The molecule has 2 N–H and O–H groups in total. The molecule has 0 bridgehead atoms. The van der Waals surface area contributed by atoms with Gasteiger partial charge in [-0.25, -0.2) is 8.42 Å². The summed E-state index contributed by atoms with van der Waals surface area (Å²) in [6.45, 7) is 2.25. The highest BCUT2D eigenvalue weighted by Gasteiger charge is 2.36. The van der Waals surface area contributed by atoms with Crippen molar-refractivity contribution in [2.24, 2.45) is 0 Å². The predicted molar refractivity (Wildman–Crippen MR) is 71.7 cm³/mol. The topological polar surface area (TPSA) is 136 Å². The van der Waals surface area contributed by atoms with E-state index in [1.807, 2.05) is 4.72 Å². The van der Waals surface area contributed by atoms with Crippen LogP contribution in [-0.4, -0.2) is 37.1 Å². The first-order valence-electron chi connectivity index (χ1n) is 5.61. The van der Waals surface area contributed by atoms with Gasteiger partial charge in [-0.2, -0.15) is 4.72 Å². The third-order valence-corrected chi connectivity index (χ3v) is 4.28. The Hall–Kier alpha value is -2.20. The van der Waals surface area contributed by atoms with E-state index in [9.17, 15) is 23.3 Å². The summed E-state index contributed by atoms with van der Waals surface area (Å²) in [6.07, 6.45) is 0. The molecule has 0 saturated carbocycles. The molecule has 0 fully saturated rings. The zero-order valence-corrected chi connectivity index (χ0v) is 12.3. The van der Waals surface area contributed by atoms with Crippen molar-refractivity contribution >= 4 is 21.7 Å². The summed E-state index contributed by atoms with van der Waals surface area (Å²) in [5.74, 6) is -1.31. The Kier molecular flexibility index (Phi) is 4.54. The third-order valence-electron chi connectivity index (χ3n) is 2.58. The van der Waals surface area contributed by atoms with Gasteiger partial charge in [-0.15, -0.1) is 0 Å². The van der Waals surface area contributed by atoms with Gasteiger partial charge in [0.1, 0.15) is 11.3 Å². The molecule has 0 unspecified atom stereocenters. The smallest absolute Gasteiger partial charge is 0.324 e. The summed E-state index contributed by atoms with van der Waals surface area (Å²) in [7, 11) is -3.11. The molecule has 0 heterocycles. The van der Waals surface area contributed by atoms with Gasteiger partial charge >= 0.3 is 5.97 Å². The Morgan fingerprint density at radius 3 is 2.43 bits per heavy atom. The Morgan fingerprint density at radius 1 is 1.43 bits per heavy atom. The monoisotopic (exact) mass is 318 g/mol. The zero-order chi connectivity index (χ0) is 16.4. The number of nitro groups is 1. The molecule has 0 aromatic heterocycles. The molecule has 0 radical (unpaired) electrons. The summed E-state index contributed by atoms with van der Waals surface area (Å²) >= 11 is 0. The summed E-state index contributed by atoms with van der Waals surface area (Å²) < 4.78 is 31.0. The van der Waals surface area contributed by atoms with Crippen LogP contribution in [0.25, 0.3) is 0 Å². The first-order valence-corrected chi connectivity index (χ1v) is 7.09. The lowest BCUT2D eigenvalue weighted by Gasteiger charge is -2.20. The molecule has 116 valence electrons. The van der Waals surface area contributed by atoms with Crippen LogP contribution < -0.4 is 9.46 Å². The first kappa shape index (κ1) is 16.9. The second kappa shape index (κ2) is 5.66. The van der Waals surface area contributed by atoms with Gasteiger partial charge in [0.2, 0.25) is 10.0 Å². The maximum Gasteiger partial charge on any atom is 0.324 e. The van der Waals surface area contributed by atoms with E-state index < -0.39 is 37.0 Å². The number of rotatable bonds is 6. The lowest BCUT2D eigenvalue weighted by atomic mass is 10.1. The van der Waals surface area contributed by atoms with Crippen LogP contribution >= 0.6 is 0 Å². The van der Waals surface area contributed by atoms with Crippen molar-refractivity contribution in [3.8, 4) is 5.75 Å². The predicted octanol–water partition coefficient (Wildman–Crippen LogP) is 0.745. The number of benzene rings is 1. The number of nitro benzene ring substituents is 1. The molecule has 9 nitrogen and oxygen atoms in total. The van der Waals surface area contributed by atoms with Gasteiger partial charge in [0, 0.05) is 0 Å². The molecule has 0 aliphatic heterocycles. The maximum absolute atomic E-state index is 12.2. The molecule has 1 aromatic rings. The van der Waals surface area contributed by atoms with Crippen LogP contribution in [0.2, 0.25) is 0 Å². The molecule has 0 amide bonds. The largest absolute Gasteiger partial charge is 0.497 e. The molecular weight excluding hydrogens is 304 g/mol. The van der Waals surface area contributed by atoms with Crippen LogP contribution in [0, 0.1) is 10.1 Å². The van der Waals surface area contributed by atoms with E-state index >= 15 is 0 Å². The minimum Gasteiger partial charge on any atom is -0.497 e. The minimum absolute atomic E-state index is 0.109. The Morgan fingerprint density at radius 2 is 2.00 bits per heavy atom. The minimum atomic E-state index is -4.39. The number of carboxylic acid groups (broad SMARTS) is 1. The van der Waals surface area contributed by atoms with E-state index in [1.165, 1.54) is 13.2 Å². The second-order valence-electron chi connectivity index (χ2n) is 4.63. The number of aliphatic carboxylic acids is 1. The van der Waals surface area contributed by atoms with Crippen molar-refractivity contribution in [1.29, 1.82) is 0 Å². The normalized spacial score (nSPS) is 12.0. The van der Waals surface area contributed by atoms with E-state index in [2.05, 4.69) is 0 Å². The van der Waals surface area contributed by atoms with Crippen LogP contribution in [0.3, 0.4) is 0 Å². The Bertz CT molecular complexity index is 682. The van der Waals surface area contributed by atoms with E-state index in [1.54, 1.807) is 0 Å². The van der Waals surface area contributed by atoms with Gasteiger partial charge in [0.25, 0.3) is 5.69 Å². The molecule has 10 heteroatoms. The van der Waals surface area contributed by atoms with Gasteiger partial charge < -0.3 is 9.84 Å². The van der Waals surface area contributed by atoms with Gasteiger partial charge in [0.05, 0.1) is 18.1 Å². The van der Waals surface area contributed by atoms with Gasteiger partial charge in [-0.05, 0) is 26.0 Å². The fraction of sp³-hybridized carbons (Fsp3) is 0.364. The number of hydrogen-bond acceptors (Lipinski definition) is 6. The average Bonchev–Trinajstić information content (AvgIpc) is 2.36. The van der Waals surface area contributed by atoms with Crippen molar-refractivity contribution in [2.75, 3.05) is 7.11 Å². The number of carbonyl (C=O) groups is 1. The third kappa shape index (κ3) is 3.67. The first-order chi connectivity index (χ1) is 9.51. The van der Waals surface area contributed by atoms with Crippen molar-refractivity contribution in [2.45, 2.75) is 24.3 Å².